The number of halogens is 4. The van der Waals surface area contributed by atoms with E-state index in [2.05, 4.69) is 15.7 Å². The number of benzene rings is 2. The zero-order chi connectivity index (χ0) is 21.9. The van der Waals surface area contributed by atoms with Gasteiger partial charge in [0, 0.05) is 11.8 Å². The number of carbonyl (C=O) groups excluding carboxylic acids is 2. The maximum Gasteiger partial charge on any atom is 0.435 e. The Morgan fingerprint density at radius 3 is 2.40 bits per heavy atom. The van der Waals surface area contributed by atoms with Crippen molar-refractivity contribution in [2.75, 3.05) is 11.9 Å². The lowest BCUT2D eigenvalue weighted by Crippen LogP contribution is -2.32. The molecule has 0 radical (unpaired) electrons. The van der Waals surface area contributed by atoms with Crippen LogP contribution in [0.25, 0.3) is 5.69 Å². The number of aromatic nitrogens is 2. The fraction of sp³-hybridized carbons (Fsp3) is 0.150. The summed E-state index contributed by atoms with van der Waals surface area (Å²) in [7, 11) is 0. The fourth-order valence-electron chi connectivity index (χ4n) is 2.56. The number of nitrogens with zero attached hydrogens (tertiary/aromatic N) is 2. The summed E-state index contributed by atoms with van der Waals surface area (Å²) in [5.74, 6) is -0.968. The third-order valence-corrected chi connectivity index (χ3v) is 4.39. The third kappa shape index (κ3) is 5.18. The highest BCUT2D eigenvalue weighted by molar-refractivity contribution is 6.33. The lowest BCUT2D eigenvalue weighted by Gasteiger charge is -2.09. The molecule has 30 heavy (non-hydrogen) atoms. The molecule has 2 N–H and O–H groups in total. The summed E-state index contributed by atoms with van der Waals surface area (Å²) in [6.45, 7) is 1.59. The predicted octanol–water partition coefficient (Wildman–Crippen LogP) is 4.22. The maximum atomic E-state index is 12.6. The Bertz CT molecular complexity index is 1080. The minimum absolute atomic E-state index is 0.239. The van der Waals surface area contributed by atoms with Crippen LogP contribution in [0.1, 0.15) is 21.6 Å². The van der Waals surface area contributed by atoms with Crippen LogP contribution in [0.5, 0.6) is 0 Å². The van der Waals surface area contributed by atoms with Crippen LogP contribution in [0.2, 0.25) is 5.02 Å². The van der Waals surface area contributed by atoms with E-state index in [1.807, 2.05) is 6.92 Å². The van der Waals surface area contributed by atoms with E-state index in [1.54, 1.807) is 18.2 Å². The molecule has 0 aliphatic rings. The average Bonchev–Trinajstić information content (AvgIpc) is 3.19. The minimum atomic E-state index is -4.53. The number of rotatable bonds is 5. The predicted molar refractivity (Wildman–Crippen MR) is 106 cm³/mol. The minimum Gasteiger partial charge on any atom is -0.343 e. The van der Waals surface area contributed by atoms with E-state index in [0.717, 1.165) is 16.3 Å². The first-order valence-corrected chi connectivity index (χ1v) is 9.09. The lowest BCUT2D eigenvalue weighted by atomic mass is 10.2. The normalized spacial score (nSPS) is 11.2. The van der Waals surface area contributed by atoms with Gasteiger partial charge in [0.05, 0.1) is 22.9 Å². The van der Waals surface area contributed by atoms with Gasteiger partial charge in [0.1, 0.15) is 0 Å². The fourth-order valence-corrected chi connectivity index (χ4v) is 2.85. The van der Waals surface area contributed by atoms with E-state index in [1.165, 1.54) is 30.5 Å². The quantitative estimate of drug-likeness (QED) is 0.628. The van der Waals surface area contributed by atoms with Gasteiger partial charge in [0.15, 0.2) is 5.69 Å². The molecule has 0 unspecified atom stereocenters. The van der Waals surface area contributed by atoms with Gasteiger partial charge in [-0.05, 0) is 55.0 Å². The molecule has 0 spiro atoms. The Balaban J connectivity index is 1.58. The second-order valence-corrected chi connectivity index (χ2v) is 6.81. The van der Waals surface area contributed by atoms with Gasteiger partial charge in [-0.2, -0.15) is 18.3 Å². The molecule has 2 aromatic carbocycles. The topological polar surface area (TPSA) is 76.0 Å². The highest BCUT2D eigenvalue weighted by Gasteiger charge is 2.33. The monoisotopic (exact) mass is 436 g/mol. The van der Waals surface area contributed by atoms with Crippen LogP contribution in [0.4, 0.5) is 18.9 Å². The average molecular weight is 437 g/mol. The molecular formula is C20H16ClF3N4O2. The number of hydrogen-bond donors (Lipinski definition) is 2. The van der Waals surface area contributed by atoms with Gasteiger partial charge < -0.3 is 10.6 Å². The Morgan fingerprint density at radius 1 is 1.10 bits per heavy atom. The van der Waals surface area contributed by atoms with E-state index in [9.17, 15) is 22.8 Å². The Morgan fingerprint density at radius 2 is 1.80 bits per heavy atom. The zero-order valence-electron chi connectivity index (χ0n) is 15.6. The van der Waals surface area contributed by atoms with Crippen molar-refractivity contribution >= 4 is 29.1 Å². The Hall–Kier alpha value is -3.33. The van der Waals surface area contributed by atoms with Gasteiger partial charge in [-0.25, -0.2) is 4.68 Å². The molecule has 2 amide bonds. The van der Waals surface area contributed by atoms with E-state index >= 15 is 0 Å². The van der Waals surface area contributed by atoms with Crippen LogP contribution < -0.4 is 10.6 Å². The van der Waals surface area contributed by atoms with Crippen molar-refractivity contribution in [3.63, 3.8) is 0 Å². The third-order valence-electron chi connectivity index (χ3n) is 4.08. The Labute approximate surface area is 174 Å². The van der Waals surface area contributed by atoms with Gasteiger partial charge in [0.2, 0.25) is 5.91 Å². The van der Waals surface area contributed by atoms with Gasteiger partial charge in [-0.1, -0.05) is 17.7 Å². The number of carbonyl (C=O) groups is 2. The largest absolute Gasteiger partial charge is 0.435 e. The molecule has 0 bridgehead atoms. The standard InChI is InChI=1S/C20H16ClF3N4O2/c1-12-2-7-16(15(21)10-12)26-18(29)11-25-19(30)13-3-5-14(6-4-13)28-9-8-17(27-28)20(22,23)24/h2-10H,11H2,1H3,(H,25,30)(H,26,29). The second-order valence-electron chi connectivity index (χ2n) is 6.40. The summed E-state index contributed by atoms with van der Waals surface area (Å²) >= 11 is 6.05. The number of alkyl halides is 3. The van der Waals surface area contributed by atoms with E-state index in [0.29, 0.717) is 16.4 Å². The number of amides is 2. The molecule has 0 atom stereocenters. The van der Waals surface area contributed by atoms with Crippen molar-refractivity contribution in [3.8, 4) is 5.69 Å². The van der Waals surface area contributed by atoms with Gasteiger partial charge >= 0.3 is 6.18 Å². The van der Waals surface area contributed by atoms with Crippen molar-refractivity contribution in [3.05, 3.63) is 76.6 Å². The van der Waals surface area contributed by atoms with E-state index in [4.69, 9.17) is 11.6 Å². The smallest absolute Gasteiger partial charge is 0.343 e. The summed E-state index contributed by atoms with van der Waals surface area (Å²) in [5.41, 5.74) is 0.962. The molecule has 0 saturated carbocycles. The number of aryl methyl sites for hydroxylation is 1. The summed E-state index contributed by atoms with van der Waals surface area (Å²) in [6, 6.07) is 11.8. The number of nitrogens with one attached hydrogen (secondary N) is 2. The summed E-state index contributed by atoms with van der Waals surface area (Å²) in [5, 5.41) is 8.92. The zero-order valence-corrected chi connectivity index (χ0v) is 16.4. The molecule has 6 nitrogen and oxygen atoms in total. The summed E-state index contributed by atoms with van der Waals surface area (Å²) < 4.78 is 39.0. The molecule has 156 valence electrons. The lowest BCUT2D eigenvalue weighted by molar-refractivity contribution is -0.141. The van der Waals surface area contributed by atoms with Crippen LogP contribution >= 0.6 is 11.6 Å². The molecule has 0 aliphatic carbocycles. The first kappa shape index (κ1) is 21.4. The van der Waals surface area contributed by atoms with Crippen LogP contribution in [0, 0.1) is 6.92 Å². The molecule has 3 aromatic rings. The Kier molecular flexibility index (Phi) is 6.12. The van der Waals surface area contributed by atoms with Crippen LogP contribution in [0.15, 0.2) is 54.7 Å². The first-order valence-electron chi connectivity index (χ1n) is 8.71. The highest BCUT2D eigenvalue weighted by Crippen LogP contribution is 2.28. The van der Waals surface area contributed by atoms with E-state index < -0.39 is 23.7 Å². The van der Waals surface area contributed by atoms with Crippen molar-refractivity contribution < 1.29 is 22.8 Å². The SMILES string of the molecule is Cc1ccc(NC(=O)CNC(=O)c2ccc(-n3ccc(C(F)(F)F)n3)cc2)c(Cl)c1. The molecule has 0 aliphatic heterocycles. The molecule has 0 fully saturated rings. The maximum absolute atomic E-state index is 12.6. The second kappa shape index (κ2) is 8.58. The molecule has 1 aromatic heterocycles. The van der Waals surface area contributed by atoms with Crippen LogP contribution in [-0.2, 0) is 11.0 Å². The van der Waals surface area contributed by atoms with E-state index in [-0.39, 0.29) is 12.1 Å². The number of anilines is 1. The van der Waals surface area contributed by atoms with Gasteiger partial charge in [-0.15, -0.1) is 0 Å². The summed E-state index contributed by atoms with van der Waals surface area (Å²) in [4.78, 5) is 24.2. The molecule has 10 heteroatoms. The van der Waals surface area contributed by atoms with Crippen molar-refractivity contribution in [2.24, 2.45) is 0 Å². The van der Waals surface area contributed by atoms with Gasteiger partial charge in [-0.3, -0.25) is 9.59 Å². The highest BCUT2D eigenvalue weighted by atomic mass is 35.5. The molecular weight excluding hydrogens is 421 g/mol. The summed E-state index contributed by atoms with van der Waals surface area (Å²) in [6.07, 6.45) is -3.35. The van der Waals surface area contributed by atoms with Crippen LogP contribution in [-0.4, -0.2) is 28.1 Å². The van der Waals surface area contributed by atoms with Crippen LogP contribution in [0.3, 0.4) is 0 Å². The first-order chi connectivity index (χ1) is 14.1. The van der Waals surface area contributed by atoms with Crippen molar-refractivity contribution in [1.29, 1.82) is 0 Å². The van der Waals surface area contributed by atoms with Crippen molar-refractivity contribution in [2.45, 2.75) is 13.1 Å². The van der Waals surface area contributed by atoms with Gasteiger partial charge in [0.25, 0.3) is 5.91 Å². The van der Waals surface area contributed by atoms with Crippen molar-refractivity contribution in [1.82, 2.24) is 15.1 Å². The molecule has 0 saturated heterocycles. The number of hydrogen-bond acceptors (Lipinski definition) is 3. The molecule has 3 rings (SSSR count). The molecule has 1 heterocycles.